The van der Waals surface area contributed by atoms with E-state index in [1.807, 2.05) is 112 Å². The number of hydrogen-bond acceptors (Lipinski definition) is 6. The van der Waals surface area contributed by atoms with E-state index in [9.17, 15) is 14.7 Å². The summed E-state index contributed by atoms with van der Waals surface area (Å²) >= 11 is 0. The first-order valence-corrected chi connectivity index (χ1v) is 14.2. The highest BCUT2D eigenvalue weighted by Gasteiger charge is 2.47. The number of carbonyl (C=O) groups is 2. The summed E-state index contributed by atoms with van der Waals surface area (Å²) in [5.74, 6) is -1.28. The number of rotatable bonds is 9. The molecule has 1 saturated heterocycles. The number of methoxy groups -OCH3 is 1. The molecule has 3 aromatic rings. The zero-order valence-electron chi connectivity index (χ0n) is 24.5. The van der Waals surface area contributed by atoms with Gasteiger partial charge in [-0.25, -0.2) is 4.79 Å². The Morgan fingerprint density at radius 3 is 1.88 bits per heavy atom. The minimum Gasteiger partial charge on any atom is -0.453 e. The number of benzene rings is 3. The summed E-state index contributed by atoms with van der Waals surface area (Å²) < 4.78 is 17.8. The van der Waals surface area contributed by atoms with Gasteiger partial charge in [-0.05, 0) is 57.2 Å². The minimum absolute atomic E-state index is 0.352. The molecule has 0 aliphatic carbocycles. The van der Waals surface area contributed by atoms with Gasteiger partial charge in [0.1, 0.15) is 5.60 Å². The largest absolute Gasteiger partial charge is 0.453 e. The Morgan fingerprint density at radius 2 is 1.39 bits per heavy atom. The number of carbonyl (C=O) groups excluding carboxylic acids is 2. The summed E-state index contributed by atoms with van der Waals surface area (Å²) in [6, 6.07) is 27.4. The van der Waals surface area contributed by atoms with Gasteiger partial charge in [0.25, 0.3) is 0 Å². The van der Waals surface area contributed by atoms with Crippen LogP contribution in [0.15, 0.2) is 91.0 Å². The van der Waals surface area contributed by atoms with Crippen molar-refractivity contribution >= 4 is 12.1 Å². The Kier molecular flexibility index (Phi) is 9.51. The zero-order valence-corrected chi connectivity index (χ0v) is 24.5. The topological polar surface area (TPSA) is 85.3 Å². The highest BCUT2D eigenvalue weighted by atomic mass is 16.6. The zero-order chi connectivity index (χ0) is 29.6. The number of amides is 1. The molecule has 0 saturated carbocycles. The standard InChI is InChI=1S/C34H41NO6/c1-24(29(39-5)28-22-15-23-35(28)32(37)41-33(2,3)4)31(36)40-30(25-16-9-6-10-17-25)34(38,26-18-11-7-12-19-26)27-20-13-8-14-21-27/h6-14,16-21,24,28-30,38H,15,22-23H2,1-5H3/t24-,28-,29+,30-/m0/s1. The van der Waals surface area contributed by atoms with Crippen LogP contribution in [0.1, 0.15) is 63.3 Å². The molecule has 1 amide bonds. The maximum atomic E-state index is 14.0. The van der Waals surface area contributed by atoms with E-state index in [-0.39, 0.29) is 6.04 Å². The van der Waals surface area contributed by atoms with Gasteiger partial charge >= 0.3 is 12.1 Å². The highest BCUT2D eigenvalue weighted by molar-refractivity contribution is 5.74. The molecule has 1 N–H and O–H groups in total. The molecule has 1 heterocycles. The summed E-state index contributed by atoms with van der Waals surface area (Å²) in [5, 5.41) is 12.6. The molecule has 1 aliphatic heterocycles. The molecular weight excluding hydrogens is 518 g/mol. The molecule has 41 heavy (non-hydrogen) atoms. The number of ether oxygens (including phenoxy) is 3. The van der Waals surface area contributed by atoms with Gasteiger partial charge in [-0.15, -0.1) is 0 Å². The Labute approximate surface area is 243 Å². The number of hydrogen-bond donors (Lipinski definition) is 1. The SMILES string of the molecule is CO[C@H]([C@H](C)C(=O)O[C@@H](c1ccccc1)C(O)(c1ccccc1)c1ccccc1)[C@@H]1CCCN1C(=O)OC(C)(C)C. The lowest BCUT2D eigenvalue weighted by molar-refractivity contribution is -0.173. The molecule has 4 atom stereocenters. The Hall–Kier alpha value is -3.68. The summed E-state index contributed by atoms with van der Waals surface area (Å²) in [6.45, 7) is 7.75. The molecule has 3 aromatic carbocycles. The lowest BCUT2D eigenvalue weighted by atomic mass is 9.78. The van der Waals surface area contributed by atoms with Crippen molar-refractivity contribution in [3.63, 3.8) is 0 Å². The predicted molar refractivity (Wildman–Crippen MR) is 157 cm³/mol. The summed E-state index contributed by atoms with van der Waals surface area (Å²) in [6.07, 6.45) is -0.663. The van der Waals surface area contributed by atoms with Crippen LogP contribution in [-0.2, 0) is 24.6 Å². The van der Waals surface area contributed by atoms with E-state index in [4.69, 9.17) is 14.2 Å². The third-order valence-corrected chi connectivity index (χ3v) is 7.59. The Balaban J connectivity index is 1.68. The summed E-state index contributed by atoms with van der Waals surface area (Å²) in [5.41, 5.74) is -0.489. The van der Waals surface area contributed by atoms with Crippen LogP contribution in [0.4, 0.5) is 4.79 Å². The quantitative estimate of drug-likeness (QED) is 0.312. The fourth-order valence-corrected chi connectivity index (χ4v) is 5.61. The average molecular weight is 560 g/mol. The number of esters is 1. The van der Waals surface area contributed by atoms with Gasteiger partial charge in [-0.1, -0.05) is 91.0 Å². The second-order valence-corrected chi connectivity index (χ2v) is 11.6. The Morgan fingerprint density at radius 1 is 0.878 bits per heavy atom. The normalized spacial score (nSPS) is 17.9. The summed E-state index contributed by atoms with van der Waals surface area (Å²) in [7, 11) is 1.54. The first-order valence-electron chi connectivity index (χ1n) is 14.2. The van der Waals surface area contributed by atoms with Gasteiger partial charge in [-0.3, -0.25) is 4.79 Å². The van der Waals surface area contributed by atoms with Crippen molar-refractivity contribution in [3.05, 3.63) is 108 Å². The van der Waals surface area contributed by atoms with E-state index in [2.05, 4.69) is 0 Å². The highest BCUT2D eigenvalue weighted by Crippen LogP contribution is 2.44. The van der Waals surface area contributed by atoms with Crippen molar-refractivity contribution in [2.75, 3.05) is 13.7 Å². The van der Waals surface area contributed by atoms with Crippen molar-refractivity contribution in [1.29, 1.82) is 0 Å². The van der Waals surface area contributed by atoms with E-state index >= 15 is 0 Å². The van der Waals surface area contributed by atoms with Gasteiger partial charge in [0.05, 0.1) is 18.1 Å². The molecule has 0 bridgehead atoms. The van der Waals surface area contributed by atoms with E-state index in [0.29, 0.717) is 29.7 Å². The van der Waals surface area contributed by atoms with Crippen LogP contribution in [0.2, 0.25) is 0 Å². The van der Waals surface area contributed by atoms with Crippen LogP contribution >= 0.6 is 0 Å². The van der Waals surface area contributed by atoms with Gasteiger partial charge in [0.15, 0.2) is 11.7 Å². The fraction of sp³-hybridized carbons (Fsp3) is 0.412. The van der Waals surface area contributed by atoms with Crippen LogP contribution in [0.25, 0.3) is 0 Å². The maximum absolute atomic E-state index is 14.0. The van der Waals surface area contributed by atoms with Crippen molar-refractivity contribution in [1.82, 2.24) is 4.90 Å². The number of nitrogens with zero attached hydrogens (tertiary/aromatic N) is 1. The van der Waals surface area contributed by atoms with Crippen LogP contribution in [0, 0.1) is 5.92 Å². The predicted octanol–water partition coefficient (Wildman–Crippen LogP) is 6.26. The number of likely N-dealkylation sites (tertiary alicyclic amines) is 1. The van der Waals surface area contributed by atoms with E-state index in [1.165, 1.54) is 0 Å². The van der Waals surface area contributed by atoms with Gasteiger partial charge < -0.3 is 24.2 Å². The fourth-order valence-electron chi connectivity index (χ4n) is 5.61. The second-order valence-electron chi connectivity index (χ2n) is 11.6. The van der Waals surface area contributed by atoms with Crippen LogP contribution in [0.3, 0.4) is 0 Å². The summed E-state index contributed by atoms with van der Waals surface area (Å²) in [4.78, 5) is 28.6. The minimum atomic E-state index is -1.68. The van der Waals surface area contributed by atoms with Crippen molar-refractivity contribution in [2.24, 2.45) is 5.92 Å². The van der Waals surface area contributed by atoms with Crippen LogP contribution < -0.4 is 0 Å². The van der Waals surface area contributed by atoms with E-state index < -0.39 is 41.4 Å². The van der Waals surface area contributed by atoms with Crippen molar-refractivity contribution in [2.45, 2.75) is 70.0 Å². The third kappa shape index (κ3) is 6.80. The third-order valence-electron chi connectivity index (χ3n) is 7.59. The van der Waals surface area contributed by atoms with Gasteiger partial charge in [0, 0.05) is 13.7 Å². The van der Waals surface area contributed by atoms with Crippen molar-refractivity contribution < 1.29 is 28.9 Å². The van der Waals surface area contributed by atoms with E-state index in [0.717, 1.165) is 6.42 Å². The van der Waals surface area contributed by atoms with Crippen LogP contribution in [-0.4, -0.2) is 53.5 Å². The van der Waals surface area contributed by atoms with Gasteiger partial charge in [-0.2, -0.15) is 0 Å². The molecule has 7 heteroatoms. The Bertz CT molecular complexity index is 1240. The molecule has 1 aliphatic rings. The first-order chi connectivity index (χ1) is 19.6. The molecule has 0 unspecified atom stereocenters. The monoisotopic (exact) mass is 559 g/mol. The van der Waals surface area contributed by atoms with E-state index in [1.54, 1.807) is 18.9 Å². The molecular formula is C34H41NO6. The lowest BCUT2D eigenvalue weighted by Crippen LogP contribution is -2.49. The molecule has 1 fully saturated rings. The molecule has 218 valence electrons. The number of aliphatic hydroxyl groups is 1. The maximum Gasteiger partial charge on any atom is 0.410 e. The lowest BCUT2D eigenvalue weighted by Gasteiger charge is -2.39. The molecule has 7 nitrogen and oxygen atoms in total. The van der Waals surface area contributed by atoms with Crippen molar-refractivity contribution in [3.8, 4) is 0 Å². The molecule has 0 radical (unpaired) electrons. The smallest absolute Gasteiger partial charge is 0.410 e. The van der Waals surface area contributed by atoms with Gasteiger partial charge in [0.2, 0.25) is 0 Å². The van der Waals surface area contributed by atoms with Crippen LogP contribution in [0.5, 0.6) is 0 Å². The second kappa shape index (κ2) is 12.9. The molecule has 4 rings (SSSR count). The first kappa shape index (κ1) is 30.3. The average Bonchev–Trinajstić information content (AvgIpc) is 3.46. The molecule has 0 spiro atoms. The molecule has 0 aromatic heterocycles.